The highest BCUT2D eigenvalue weighted by molar-refractivity contribution is 7.99. The van der Waals surface area contributed by atoms with Gasteiger partial charge in [-0.1, -0.05) is 188 Å². The zero-order valence-corrected chi connectivity index (χ0v) is 34.2. The van der Waals surface area contributed by atoms with E-state index in [0.29, 0.717) is 0 Å². The van der Waals surface area contributed by atoms with Gasteiger partial charge in [0.1, 0.15) is 0 Å². The highest BCUT2D eigenvalue weighted by Gasteiger charge is 2.30. The van der Waals surface area contributed by atoms with Crippen molar-refractivity contribution in [3.8, 4) is 44.5 Å². The Bertz CT molecular complexity index is 3050. The molecule has 3 heteroatoms. The Hall–Kier alpha value is -7.59. The van der Waals surface area contributed by atoms with E-state index in [-0.39, 0.29) is 0 Å². The smallest absolute Gasteiger partial charge is 0.0781 e. The molecule has 288 valence electrons. The van der Waals surface area contributed by atoms with Crippen molar-refractivity contribution in [2.75, 3.05) is 9.80 Å². The first kappa shape index (κ1) is 36.5. The quantitative estimate of drug-likeness (QED) is 0.165. The fourth-order valence-corrected chi connectivity index (χ4v) is 9.76. The van der Waals surface area contributed by atoms with Crippen LogP contribution in [0.3, 0.4) is 0 Å². The average molecular weight is 797 g/mol. The molecule has 0 amide bonds. The molecule has 61 heavy (non-hydrogen) atoms. The van der Waals surface area contributed by atoms with Gasteiger partial charge in [-0.2, -0.15) is 0 Å². The fourth-order valence-electron chi connectivity index (χ4n) is 8.70. The molecule has 0 saturated carbocycles. The van der Waals surface area contributed by atoms with E-state index < -0.39 is 0 Å². The molecule has 0 fully saturated rings. The van der Waals surface area contributed by atoms with Gasteiger partial charge in [-0.05, 0) is 117 Å². The molecular weight excluding hydrogens is 757 g/mol. The predicted molar refractivity (Wildman–Crippen MR) is 259 cm³/mol. The first-order chi connectivity index (χ1) is 30.2. The van der Waals surface area contributed by atoms with Gasteiger partial charge in [0.25, 0.3) is 0 Å². The molecule has 0 aromatic heterocycles. The second-order valence-corrected chi connectivity index (χ2v) is 16.4. The number of benzene rings is 10. The van der Waals surface area contributed by atoms with Crippen molar-refractivity contribution in [1.29, 1.82) is 0 Å². The van der Waals surface area contributed by atoms with E-state index in [1.807, 2.05) is 11.8 Å². The zero-order chi connectivity index (χ0) is 40.5. The molecule has 0 aliphatic carbocycles. The van der Waals surface area contributed by atoms with Crippen LogP contribution in [0.4, 0.5) is 34.1 Å². The molecule has 11 rings (SSSR count). The number of hydrogen-bond donors (Lipinski definition) is 0. The minimum Gasteiger partial charge on any atom is -0.307 e. The second-order valence-electron chi connectivity index (χ2n) is 15.4. The number of para-hydroxylation sites is 2. The summed E-state index contributed by atoms with van der Waals surface area (Å²) in [7, 11) is 0. The number of fused-ring (bicyclic) bond motifs is 5. The predicted octanol–water partition coefficient (Wildman–Crippen LogP) is 16.9. The lowest BCUT2D eigenvalue weighted by Gasteiger charge is -2.34. The van der Waals surface area contributed by atoms with Crippen molar-refractivity contribution >= 4 is 56.7 Å². The summed E-state index contributed by atoms with van der Waals surface area (Å²) < 4.78 is 0. The van der Waals surface area contributed by atoms with Gasteiger partial charge in [-0.25, -0.2) is 0 Å². The van der Waals surface area contributed by atoms with E-state index in [0.717, 1.165) is 61.8 Å². The Morgan fingerprint density at radius 3 is 1.11 bits per heavy atom. The first-order valence-corrected chi connectivity index (χ1v) is 21.6. The average Bonchev–Trinajstić information content (AvgIpc) is 3.39. The van der Waals surface area contributed by atoms with Crippen LogP contribution in [-0.2, 0) is 0 Å². The molecule has 10 aromatic rings. The lowest BCUT2D eigenvalue weighted by Crippen LogP contribution is -2.17. The maximum atomic E-state index is 2.52. The van der Waals surface area contributed by atoms with Crippen LogP contribution in [0, 0.1) is 0 Å². The highest BCUT2D eigenvalue weighted by Crippen LogP contribution is 2.56. The second kappa shape index (κ2) is 15.9. The third kappa shape index (κ3) is 6.95. The lowest BCUT2D eigenvalue weighted by molar-refractivity contribution is 1.21. The molecule has 0 unspecified atom stereocenters. The van der Waals surface area contributed by atoms with Crippen LogP contribution in [0.2, 0.25) is 0 Å². The Morgan fingerprint density at radius 1 is 0.262 bits per heavy atom. The van der Waals surface area contributed by atoms with E-state index in [4.69, 9.17) is 0 Å². The molecule has 1 aliphatic rings. The molecule has 0 bridgehead atoms. The summed E-state index contributed by atoms with van der Waals surface area (Å²) in [6.45, 7) is 0. The van der Waals surface area contributed by atoms with Gasteiger partial charge in [-0.3, -0.25) is 0 Å². The fraction of sp³-hybridized carbons (Fsp3) is 0. The summed E-state index contributed by atoms with van der Waals surface area (Å²) in [6.07, 6.45) is 0. The Kier molecular flexibility index (Phi) is 9.50. The molecule has 2 nitrogen and oxygen atoms in total. The van der Waals surface area contributed by atoms with Crippen LogP contribution in [0.15, 0.2) is 252 Å². The van der Waals surface area contributed by atoms with Crippen molar-refractivity contribution in [2.45, 2.75) is 9.79 Å². The summed E-state index contributed by atoms with van der Waals surface area (Å²) in [5.41, 5.74) is 15.9. The number of hydrogen-bond acceptors (Lipinski definition) is 3. The number of nitrogens with zero attached hydrogens (tertiary/aromatic N) is 2. The van der Waals surface area contributed by atoms with Crippen molar-refractivity contribution < 1.29 is 0 Å². The molecule has 0 radical (unpaired) electrons. The Balaban J connectivity index is 1.26. The van der Waals surface area contributed by atoms with Gasteiger partial charge in [0.2, 0.25) is 0 Å². The van der Waals surface area contributed by atoms with Crippen molar-refractivity contribution in [2.24, 2.45) is 0 Å². The molecule has 0 saturated heterocycles. The zero-order valence-electron chi connectivity index (χ0n) is 33.4. The summed E-state index contributed by atoms with van der Waals surface area (Å²) >= 11 is 1.82. The molecule has 1 heterocycles. The van der Waals surface area contributed by atoms with Crippen molar-refractivity contribution in [3.63, 3.8) is 0 Å². The Labute approximate surface area is 361 Å². The molecular formula is C58H40N2S. The number of anilines is 6. The van der Waals surface area contributed by atoms with Crippen molar-refractivity contribution in [3.05, 3.63) is 243 Å². The third-order valence-electron chi connectivity index (χ3n) is 11.6. The van der Waals surface area contributed by atoms with E-state index in [1.165, 1.54) is 37.4 Å². The first-order valence-electron chi connectivity index (χ1n) is 20.7. The highest BCUT2D eigenvalue weighted by atomic mass is 32.2. The maximum Gasteiger partial charge on any atom is 0.0781 e. The largest absolute Gasteiger partial charge is 0.307 e. The van der Waals surface area contributed by atoms with Crippen molar-refractivity contribution in [1.82, 2.24) is 0 Å². The minimum absolute atomic E-state index is 1.08. The van der Waals surface area contributed by atoms with E-state index in [2.05, 4.69) is 252 Å². The van der Waals surface area contributed by atoms with Gasteiger partial charge < -0.3 is 9.80 Å². The van der Waals surface area contributed by atoms with Crippen LogP contribution in [0.5, 0.6) is 0 Å². The van der Waals surface area contributed by atoms with Gasteiger partial charge in [-0.15, -0.1) is 0 Å². The van der Waals surface area contributed by atoms with Crippen LogP contribution < -0.4 is 9.80 Å². The van der Waals surface area contributed by atoms with E-state index in [9.17, 15) is 0 Å². The van der Waals surface area contributed by atoms with E-state index in [1.54, 1.807) is 0 Å². The van der Waals surface area contributed by atoms with Crippen LogP contribution in [0.1, 0.15) is 0 Å². The molecule has 0 N–H and O–H groups in total. The van der Waals surface area contributed by atoms with Gasteiger partial charge in [0.15, 0.2) is 0 Å². The Morgan fingerprint density at radius 2 is 0.639 bits per heavy atom. The standard InChI is InChI=1S/C58H40N2S/c1-5-19-41(20-6-1)46-35-47(42-21-7-2-8-22-42)38-50(37-46)59-53-29-15-17-31-56(53)61-57-32-18-16-30-54(57)60(58-52-28-14-13-27-45(52)33-34-55(58)59)51-39-48(43-23-9-3-10-24-43)36-49(40-51)44-25-11-4-12-26-44/h1-40H. The summed E-state index contributed by atoms with van der Waals surface area (Å²) in [4.78, 5) is 7.37. The van der Waals surface area contributed by atoms with Crippen LogP contribution in [0.25, 0.3) is 55.3 Å². The van der Waals surface area contributed by atoms with E-state index >= 15 is 0 Å². The summed E-state index contributed by atoms with van der Waals surface area (Å²) in [5.74, 6) is 0. The normalized spacial score (nSPS) is 12.1. The SMILES string of the molecule is c1ccc(-c2cc(-c3ccccc3)cc(N3c4ccccc4Sc4ccccc4N(c4cc(-c5ccccc5)cc(-c5ccccc5)c4)c4c3ccc3ccccc43)c2)cc1. The molecule has 1 aliphatic heterocycles. The van der Waals surface area contributed by atoms with Crippen LogP contribution >= 0.6 is 11.8 Å². The topological polar surface area (TPSA) is 6.48 Å². The summed E-state index contributed by atoms with van der Waals surface area (Å²) in [5, 5.41) is 2.34. The van der Waals surface area contributed by atoms with Gasteiger partial charge in [0.05, 0.1) is 22.7 Å². The molecule has 10 aromatic carbocycles. The van der Waals surface area contributed by atoms with Gasteiger partial charge in [0, 0.05) is 26.6 Å². The van der Waals surface area contributed by atoms with Gasteiger partial charge >= 0.3 is 0 Å². The molecule has 0 atom stereocenters. The summed E-state index contributed by atoms with van der Waals surface area (Å²) in [6, 6.07) is 88.4. The lowest BCUT2D eigenvalue weighted by atomic mass is 9.96. The maximum absolute atomic E-state index is 2.52. The third-order valence-corrected chi connectivity index (χ3v) is 12.7. The monoisotopic (exact) mass is 796 g/mol. The van der Waals surface area contributed by atoms with Crippen LogP contribution in [-0.4, -0.2) is 0 Å². The number of rotatable bonds is 6. The molecule has 0 spiro atoms. The minimum atomic E-state index is 1.08.